The highest BCUT2D eigenvalue weighted by atomic mass is 32.5. The van der Waals surface area contributed by atoms with Gasteiger partial charge in [0, 0.05) is 0 Å². The van der Waals surface area contributed by atoms with E-state index in [4.69, 9.17) is 36.1 Å². The Kier molecular flexibility index (Phi) is 6.98. The number of nitrogens with two attached hydrogens (primary N) is 1. The van der Waals surface area contributed by atoms with Crippen molar-refractivity contribution < 1.29 is 42.4 Å². The average molecular weight is 633 g/mol. The number of ether oxygens (including phenoxy) is 2. The van der Waals surface area contributed by atoms with E-state index in [0.717, 1.165) is 28.1 Å². The molecule has 6 heterocycles. The third-order valence-electron chi connectivity index (χ3n) is 7.00. The summed E-state index contributed by atoms with van der Waals surface area (Å²) >= 11 is 5.11. The highest BCUT2D eigenvalue weighted by Crippen LogP contribution is 2.54. The number of fused-ring (bicyclic) bond motifs is 2. The number of nitrogen functional groups attached to an aromatic ring is 1. The van der Waals surface area contributed by atoms with E-state index in [1.165, 1.54) is 0 Å². The number of anilines is 1. The van der Waals surface area contributed by atoms with Crippen molar-refractivity contribution in [2.24, 2.45) is 0 Å². The van der Waals surface area contributed by atoms with Gasteiger partial charge in [0.1, 0.15) is 31.2 Å². The topological polar surface area (TPSA) is 251 Å². The van der Waals surface area contributed by atoms with Gasteiger partial charge in [0.05, 0.1) is 32.5 Å². The molecule has 226 valence electrons. The number of H-pyrrole nitrogens is 2. The van der Waals surface area contributed by atoms with Crippen LogP contribution in [0.4, 0.5) is 14.7 Å². The van der Waals surface area contributed by atoms with Gasteiger partial charge in [-0.25, -0.2) is 23.7 Å². The average Bonchev–Trinajstić information content (AvgIpc) is 3.70. The zero-order valence-corrected chi connectivity index (χ0v) is 22.7. The molecule has 4 aromatic heterocycles. The van der Waals surface area contributed by atoms with Crippen LogP contribution >= 0.6 is 6.72 Å². The monoisotopic (exact) mass is 633 g/mol. The maximum absolute atomic E-state index is 16.0. The molecule has 2 aliphatic rings. The van der Waals surface area contributed by atoms with Gasteiger partial charge in [-0.15, -0.1) is 0 Å². The van der Waals surface area contributed by atoms with Crippen molar-refractivity contribution in [2.45, 2.75) is 36.0 Å². The van der Waals surface area contributed by atoms with Gasteiger partial charge >= 0.3 is 6.72 Å². The minimum atomic E-state index is -4.50. The van der Waals surface area contributed by atoms with Crippen molar-refractivity contribution >= 4 is 46.8 Å². The van der Waals surface area contributed by atoms with Crippen LogP contribution in [-0.2, 0) is 41.8 Å². The molecule has 6 rings (SSSR count). The zero-order chi connectivity index (χ0) is 30.0. The second kappa shape index (κ2) is 10.2. The van der Waals surface area contributed by atoms with Crippen molar-refractivity contribution in [1.82, 2.24) is 39.0 Å². The van der Waals surface area contributed by atoms with Gasteiger partial charge in [0.15, 0.2) is 28.5 Å². The minimum Gasteiger partial charge on any atom is -0.394 e. The number of hydrogen-bond donors (Lipinski definition) is 6. The molecule has 2 aliphatic heterocycles. The number of nitrogens with one attached hydrogen (secondary N) is 2. The summed E-state index contributed by atoms with van der Waals surface area (Å²) in [5, 5.41) is 20.4. The molecule has 0 radical (unpaired) electrons. The highest BCUT2D eigenvalue weighted by Gasteiger charge is 2.57. The van der Waals surface area contributed by atoms with Crippen LogP contribution in [0.3, 0.4) is 0 Å². The molecule has 0 aromatic carbocycles. The first-order valence-electron chi connectivity index (χ1n) is 12.1. The van der Waals surface area contributed by atoms with Gasteiger partial charge < -0.3 is 39.8 Å². The Morgan fingerprint density at radius 2 is 1.83 bits per heavy atom. The van der Waals surface area contributed by atoms with E-state index in [9.17, 15) is 24.7 Å². The van der Waals surface area contributed by atoms with Crippen molar-refractivity contribution in [3.63, 3.8) is 0 Å². The lowest BCUT2D eigenvalue weighted by Gasteiger charge is -2.34. The molecule has 42 heavy (non-hydrogen) atoms. The van der Waals surface area contributed by atoms with Gasteiger partial charge in [-0.2, -0.15) is 4.98 Å². The summed E-state index contributed by atoms with van der Waals surface area (Å²) in [5.74, 6) is -2.97. The first-order chi connectivity index (χ1) is 19.9. The van der Waals surface area contributed by atoms with Crippen LogP contribution in [0.1, 0.15) is 0 Å². The summed E-state index contributed by atoms with van der Waals surface area (Å²) in [4.78, 5) is 55.4. The van der Waals surface area contributed by atoms with Gasteiger partial charge in [0.25, 0.3) is 11.1 Å². The normalized spacial score (nSPS) is 31.3. The summed E-state index contributed by atoms with van der Waals surface area (Å²) in [6.07, 6.45) is -3.98. The molecule has 0 amide bonds. The van der Waals surface area contributed by atoms with Gasteiger partial charge in [-0.1, -0.05) is 0 Å². The zero-order valence-electron chi connectivity index (χ0n) is 21.0. The molecule has 18 nitrogen and oxygen atoms in total. The number of aromatic nitrogens is 8. The smallest absolute Gasteiger partial charge is 0.326 e. The fourth-order valence-corrected chi connectivity index (χ4v) is 6.50. The van der Waals surface area contributed by atoms with E-state index in [2.05, 4.69) is 29.9 Å². The van der Waals surface area contributed by atoms with E-state index in [-0.39, 0.29) is 28.3 Å². The second-order valence-corrected chi connectivity index (χ2v) is 12.3. The molecule has 2 fully saturated rings. The Morgan fingerprint density at radius 1 is 1.14 bits per heavy atom. The Hall–Kier alpha value is -3.27. The molecule has 2 unspecified atom stereocenters. The molecule has 0 bridgehead atoms. The summed E-state index contributed by atoms with van der Waals surface area (Å²) in [5.41, 5.74) is 1.12. The molecule has 0 aliphatic carbocycles. The largest absolute Gasteiger partial charge is 0.394 e. The second-order valence-electron chi connectivity index (χ2n) is 9.50. The summed E-state index contributed by atoms with van der Waals surface area (Å²) in [6, 6.07) is 0. The van der Waals surface area contributed by atoms with Crippen LogP contribution < -0.4 is 16.9 Å². The first-order valence-corrected chi connectivity index (χ1v) is 14.7. The van der Waals surface area contributed by atoms with Crippen LogP contribution in [0, 0.1) is 0 Å². The third kappa shape index (κ3) is 4.44. The van der Waals surface area contributed by atoms with Crippen LogP contribution in [0.15, 0.2) is 28.6 Å². The first kappa shape index (κ1) is 28.8. The van der Waals surface area contributed by atoms with E-state index in [0.29, 0.717) is 0 Å². The Morgan fingerprint density at radius 3 is 2.55 bits per heavy atom. The number of nitrogens with zero attached hydrogens (tertiary/aromatic N) is 6. The predicted octanol–water partition coefficient (Wildman–Crippen LogP) is -2.15. The Balaban J connectivity index is 1.26. The number of aliphatic hydroxyl groups excluding tert-OH is 2. The maximum atomic E-state index is 16.0. The lowest BCUT2D eigenvalue weighted by molar-refractivity contribution is -0.0745. The van der Waals surface area contributed by atoms with Crippen LogP contribution in [0.2, 0.25) is 0 Å². The van der Waals surface area contributed by atoms with E-state index in [1.54, 1.807) is 0 Å². The van der Waals surface area contributed by atoms with Gasteiger partial charge in [-0.05, 0) is 11.8 Å². The number of alkyl halides is 2. The highest BCUT2D eigenvalue weighted by molar-refractivity contribution is 8.07. The van der Waals surface area contributed by atoms with Gasteiger partial charge in [0.2, 0.25) is 17.5 Å². The van der Waals surface area contributed by atoms with Crippen LogP contribution in [-0.4, -0.2) is 105 Å². The molecule has 7 N–H and O–H groups in total. The molecule has 4 aromatic rings. The number of halogens is 2. The Labute approximate surface area is 236 Å². The molecule has 7 atom stereocenters. The molecule has 2 saturated heterocycles. The number of aromatic amines is 2. The molecule has 0 spiro atoms. The van der Waals surface area contributed by atoms with Crippen LogP contribution in [0.5, 0.6) is 0 Å². The molecule has 0 saturated carbocycles. The molecule has 22 heteroatoms. The SMILES string of the molecule is Nc1nc2c(ncn2C2(OP(O)(=S)OC[C@H]3OC[C@](F)(n4cnc5c(=O)[nH]cnc54)[C@@H]3O)CO[C@H](CO)[C@@H]2F)c(=O)[nH]1. The van der Waals surface area contributed by atoms with Crippen LogP contribution in [0.25, 0.3) is 22.3 Å². The predicted molar refractivity (Wildman–Crippen MR) is 139 cm³/mol. The van der Waals surface area contributed by atoms with E-state index < -0.39 is 80.3 Å². The standard InChI is InChI=1S/C20H22F2N9O9PS/c21-12-8(1-32)38-4-20(12,31-7-27-11-15(31)28-18(23)29-17(11)35)40-41(36,42)39-2-9-13(33)19(22,3-37-9)30-6-26-10-14(30)24-5-25-16(10)34/h5-9,12-13,32-33H,1-4H2,(H,36,42)(H,24,25,34)(H3,23,28,29,35)/t8-,9-,12+,13-,19+,20?,41?/m1/s1. The van der Waals surface area contributed by atoms with E-state index >= 15 is 8.78 Å². The summed E-state index contributed by atoms with van der Waals surface area (Å²) in [7, 11) is 0. The van der Waals surface area contributed by atoms with Gasteiger partial charge in [-0.3, -0.25) is 28.2 Å². The summed E-state index contributed by atoms with van der Waals surface area (Å²) < 4.78 is 55.3. The quantitative estimate of drug-likeness (QED) is 0.113. The fraction of sp³-hybridized carbons (Fsp3) is 0.500. The van der Waals surface area contributed by atoms with E-state index in [1.807, 2.05) is 0 Å². The van der Waals surface area contributed by atoms with Crippen molar-refractivity contribution in [3.05, 3.63) is 39.7 Å². The number of rotatable bonds is 8. The number of imidazole rings is 2. The van der Waals surface area contributed by atoms with Crippen molar-refractivity contribution in [1.29, 1.82) is 0 Å². The van der Waals surface area contributed by atoms with Crippen molar-refractivity contribution in [3.8, 4) is 0 Å². The molecular weight excluding hydrogens is 611 g/mol. The lowest BCUT2D eigenvalue weighted by Crippen LogP contribution is -2.46. The minimum absolute atomic E-state index is 0.155. The van der Waals surface area contributed by atoms with Crippen molar-refractivity contribution in [2.75, 3.05) is 32.2 Å². The lowest BCUT2D eigenvalue weighted by atomic mass is 10.1. The number of hydrogen-bond acceptors (Lipinski definition) is 14. The molecular formula is C20H22F2N9O9PS. The Bertz CT molecular complexity index is 1840. The number of aliphatic hydroxyl groups is 2. The third-order valence-corrected chi connectivity index (χ3v) is 8.56. The maximum Gasteiger partial charge on any atom is 0.326 e. The fourth-order valence-electron chi connectivity index (χ4n) is 4.90. The summed E-state index contributed by atoms with van der Waals surface area (Å²) in [6.45, 7) is -7.38.